The Morgan fingerprint density at radius 1 is 1.06 bits per heavy atom. The van der Waals surface area contributed by atoms with E-state index in [1.54, 1.807) is 25.2 Å². The first-order valence-electron chi connectivity index (χ1n) is 13.4. The van der Waals surface area contributed by atoms with Crippen molar-refractivity contribution >= 4 is 11.7 Å². The lowest BCUT2D eigenvalue weighted by molar-refractivity contribution is -0.912. The number of nitrogens with zero attached hydrogens (tertiary/aromatic N) is 1. The molecule has 1 heterocycles. The Balaban J connectivity index is 0.000000947. The number of carbonyl (C=O) groups is 2. The Morgan fingerprint density at radius 2 is 1.61 bits per heavy atom. The fraction of sp³-hybridized carbons (Fsp3) is 0.548. The highest BCUT2D eigenvalue weighted by atomic mass is 16.5. The topological polar surface area (TPSA) is 55.4 Å². The predicted octanol–water partition coefficient (Wildman–Crippen LogP) is 6.40. The number of rotatable bonds is 8. The maximum Gasteiger partial charge on any atom is 0.279 e. The Bertz CT molecular complexity index is 968. The van der Waals surface area contributed by atoms with Crippen molar-refractivity contribution in [2.75, 3.05) is 33.3 Å². The second-order valence-corrected chi connectivity index (χ2v) is 10.7. The van der Waals surface area contributed by atoms with Gasteiger partial charge in [-0.25, -0.2) is 0 Å². The highest BCUT2D eigenvalue weighted by Gasteiger charge is 2.33. The van der Waals surface area contributed by atoms with E-state index in [-0.39, 0.29) is 14.5 Å². The van der Waals surface area contributed by atoms with Crippen molar-refractivity contribution in [3.05, 3.63) is 70.6 Å². The van der Waals surface area contributed by atoms with Gasteiger partial charge in [0.1, 0.15) is 12.3 Å². The summed E-state index contributed by atoms with van der Waals surface area (Å²) in [6, 6.07) is 8.77. The summed E-state index contributed by atoms with van der Waals surface area (Å²) in [5.41, 5.74) is 5.64. The van der Waals surface area contributed by atoms with Gasteiger partial charge >= 0.3 is 0 Å². The van der Waals surface area contributed by atoms with Gasteiger partial charge < -0.3 is 14.5 Å². The van der Waals surface area contributed by atoms with Crippen molar-refractivity contribution in [1.82, 2.24) is 5.32 Å². The van der Waals surface area contributed by atoms with Crippen molar-refractivity contribution in [2.24, 2.45) is 5.92 Å². The third kappa shape index (κ3) is 8.77. The van der Waals surface area contributed by atoms with Crippen molar-refractivity contribution in [2.45, 2.75) is 73.1 Å². The third-order valence-corrected chi connectivity index (χ3v) is 7.44. The average Bonchev–Trinajstić information content (AvgIpc) is 3.08. The molecule has 1 fully saturated rings. The second-order valence-electron chi connectivity index (χ2n) is 10.7. The second kappa shape index (κ2) is 14.2. The molecule has 2 aliphatic rings. The number of amides is 1. The summed E-state index contributed by atoms with van der Waals surface area (Å²) in [7, 11) is 1.57. The van der Waals surface area contributed by atoms with Crippen LogP contribution in [0.1, 0.15) is 74.3 Å². The molecule has 0 unspecified atom stereocenters. The molecule has 0 aromatic heterocycles. The highest BCUT2D eigenvalue weighted by molar-refractivity contribution is 5.81. The van der Waals surface area contributed by atoms with E-state index >= 15 is 0 Å². The molecule has 0 atom stereocenters. The molecule has 5 nitrogen and oxygen atoms in total. The minimum absolute atomic E-state index is 0. The SMILES string of the molecule is C=C(OC)/C(C)=C(NC(=O)C[N+]1(CC(C)=O)CCCCCC1)/C(C)=C\C.CC1Cc2ccccc2C1.[HH].[HH]. The van der Waals surface area contributed by atoms with E-state index in [1.807, 2.05) is 26.8 Å². The normalized spacial score (nSPS) is 18.1. The van der Waals surface area contributed by atoms with Gasteiger partial charge in [0.05, 0.1) is 25.9 Å². The van der Waals surface area contributed by atoms with Crippen molar-refractivity contribution < 1.29 is 21.7 Å². The van der Waals surface area contributed by atoms with E-state index in [4.69, 9.17) is 4.74 Å². The standard InChI is InChI=1S/C21H34N2O3.C10H12.2H2/c1-7-16(2)21(18(4)19(5)26-6)22-20(25)15-23(14-17(3)24)12-10-8-9-11-13-23;1-8-6-9-4-2-3-5-10(9)7-8;;/h7H,5,8-15H2,1-4,6H3;2-5,8H,6-7H2,1H3;2*1H/p+1/b16-7-,21-18-;;;. The first-order valence-corrected chi connectivity index (χ1v) is 13.4. The molecule has 1 aromatic rings. The van der Waals surface area contributed by atoms with Crippen LogP contribution in [0.25, 0.3) is 0 Å². The monoisotopic (exact) mass is 499 g/mol. The van der Waals surface area contributed by atoms with Crippen molar-refractivity contribution in [3.8, 4) is 0 Å². The minimum Gasteiger partial charge on any atom is -0.497 e. The van der Waals surface area contributed by atoms with E-state index in [9.17, 15) is 9.59 Å². The van der Waals surface area contributed by atoms with Crippen LogP contribution in [0.5, 0.6) is 0 Å². The number of likely N-dealkylation sites (tertiary alicyclic amines) is 1. The fourth-order valence-electron chi connectivity index (χ4n) is 5.39. The molecule has 1 saturated heterocycles. The Morgan fingerprint density at radius 3 is 2.08 bits per heavy atom. The van der Waals surface area contributed by atoms with Crippen LogP contribution in [0.15, 0.2) is 59.5 Å². The van der Waals surface area contributed by atoms with Crippen LogP contribution in [0.3, 0.4) is 0 Å². The number of benzene rings is 1. The molecule has 0 bridgehead atoms. The molecule has 0 radical (unpaired) electrons. The van der Waals surface area contributed by atoms with E-state index in [0.29, 0.717) is 23.3 Å². The molecule has 202 valence electrons. The summed E-state index contributed by atoms with van der Waals surface area (Å²) in [5, 5.41) is 3.05. The van der Waals surface area contributed by atoms with Gasteiger partial charge in [-0.1, -0.05) is 43.8 Å². The van der Waals surface area contributed by atoms with E-state index < -0.39 is 0 Å². The Kier molecular flexibility index (Phi) is 11.6. The van der Waals surface area contributed by atoms with E-state index in [1.165, 1.54) is 25.7 Å². The number of ether oxygens (including phenoxy) is 1. The maximum atomic E-state index is 12.9. The molecule has 1 aliphatic carbocycles. The molecule has 0 spiro atoms. The molecule has 36 heavy (non-hydrogen) atoms. The Hall–Kier alpha value is -2.66. The number of carbonyl (C=O) groups excluding carboxylic acids is 2. The first-order chi connectivity index (χ1) is 17.1. The fourth-order valence-corrected chi connectivity index (χ4v) is 5.39. The van der Waals surface area contributed by atoms with Gasteiger partial charge in [0.25, 0.3) is 5.91 Å². The third-order valence-electron chi connectivity index (χ3n) is 7.44. The van der Waals surface area contributed by atoms with Crippen LogP contribution >= 0.6 is 0 Å². The number of ketones is 1. The van der Waals surface area contributed by atoms with Gasteiger partial charge in [-0.2, -0.15) is 0 Å². The number of hydrogen-bond acceptors (Lipinski definition) is 3. The highest BCUT2D eigenvalue weighted by Crippen LogP contribution is 2.25. The first kappa shape index (κ1) is 29.6. The van der Waals surface area contributed by atoms with Crippen LogP contribution < -0.4 is 5.32 Å². The average molecular weight is 500 g/mol. The zero-order valence-corrected chi connectivity index (χ0v) is 23.4. The van der Waals surface area contributed by atoms with Crippen LogP contribution in [0.4, 0.5) is 0 Å². The molecule has 0 saturated carbocycles. The molecule has 3 rings (SSSR count). The van der Waals surface area contributed by atoms with Gasteiger partial charge in [-0.3, -0.25) is 9.59 Å². The maximum absolute atomic E-state index is 12.9. The summed E-state index contributed by atoms with van der Waals surface area (Å²) in [4.78, 5) is 24.7. The van der Waals surface area contributed by atoms with Crippen molar-refractivity contribution in [1.29, 1.82) is 0 Å². The lowest BCUT2D eigenvalue weighted by Gasteiger charge is -2.36. The number of fused-ring (bicyclic) bond motifs is 1. The van der Waals surface area contributed by atoms with Crippen LogP contribution in [-0.4, -0.2) is 49.5 Å². The smallest absolute Gasteiger partial charge is 0.279 e. The van der Waals surface area contributed by atoms with Gasteiger partial charge in [0.2, 0.25) is 0 Å². The molecule has 1 aliphatic heterocycles. The largest absolute Gasteiger partial charge is 0.497 e. The summed E-state index contributed by atoms with van der Waals surface area (Å²) in [5.74, 6) is 1.48. The predicted molar refractivity (Wildman–Crippen MR) is 153 cm³/mol. The quantitative estimate of drug-likeness (QED) is 0.256. The van der Waals surface area contributed by atoms with Crippen LogP contribution in [0.2, 0.25) is 0 Å². The number of hydrogen-bond donors (Lipinski definition) is 1. The summed E-state index contributed by atoms with van der Waals surface area (Å²) >= 11 is 0. The number of Topliss-reactive ketones (excluding diaryl/α,β-unsaturated/α-hetero) is 1. The molecule has 5 heteroatoms. The van der Waals surface area contributed by atoms with E-state index in [0.717, 1.165) is 48.7 Å². The van der Waals surface area contributed by atoms with Crippen molar-refractivity contribution in [3.63, 3.8) is 0 Å². The lowest BCUT2D eigenvalue weighted by atomic mass is 10.1. The van der Waals surface area contributed by atoms with Crippen LogP contribution in [-0.2, 0) is 27.2 Å². The van der Waals surface area contributed by atoms with Gasteiger partial charge in [-0.05, 0) is 81.9 Å². The molecular weight excluding hydrogens is 448 g/mol. The number of quaternary nitrogens is 1. The summed E-state index contributed by atoms with van der Waals surface area (Å²) in [6.45, 7) is 16.1. The Labute approximate surface area is 221 Å². The lowest BCUT2D eigenvalue weighted by Crippen LogP contribution is -2.56. The van der Waals surface area contributed by atoms with E-state index in [2.05, 4.69) is 43.1 Å². The summed E-state index contributed by atoms with van der Waals surface area (Å²) in [6.07, 6.45) is 9.01. The number of nitrogens with one attached hydrogen (secondary N) is 1. The molecular formula is C31H51N2O3+. The number of allylic oxidation sites excluding steroid dienone is 3. The zero-order chi connectivity index (χ0) is 26.7. The van der Waals surface area contributed by atoms with Gasteiger partial charge in [0, 0.05) is 15.4 Å². The molecule has 1 N–H and O–H groups in total. The number of methoxy groups -OCH3 is 1. The van der Waals surface area contributed by atoms with Crippen LogP contribution in [0, 0.1) is 5.92 Å². The molecule has 1 amide bonds. The van der Waals surface area contributed by atoms with Gasteiger partial charge in [0.15, 0.2) is 12.3 Å². The zero-order valence-electron chi connectivity index (χ0n) is 23.4. The molecule has 1 aromatic carbocycles. The van der Waals surface area contributed by atoms with Gasteiger partial charge in [-0.15, -0.1) is 0 Å². The minimum atomic E-state index is -0.0624. The summed E-state index contributed by atoms with van der Waals surface area (Å²) < 4.78 is 5.79.